The number of nitrogens with one attached hydrogen (secondary N) is 1. The molecule has 2 aromatic carbocycles. The molecule has 1 unspecified atom stereocenters. The summed E-state index contributed by atoms with van der Waals surface area (Å²) >= 11 is 0. The van der Waals surface area contributed by atoms with Crippen LogP contribution in [-0.2, 0) is 19.4 Å². The zero-order chi connectivity index (χ0) is 17.3. The minimum atomic E-state index is 0. The fourth-order valence-electron chi connectivity index (χ4n) is 4.63. The maximum Gasteiger partial charge on any atom is 0.121 e. The van der Waals surface area contributed by atoms with E-state index in [-0.39, 0.29) is 12.4 Å². The van der Waals surface area contributed by atoms with Gasteiger partial charge in [0.25, 0.3) is 0 Å². The van der Waals surface area contributed by atoms with Gasteiger partial charge in [0.2, 0.25) is 0 Å². The molecule has 27 heavy (non-hydrogen) atoms. The van der Waals surface area contributed by atoms with Crippen molar-refractivity contribution in [3.8, 4) is 5.75 Å². The van der Waals surface area contributed by atoms with E-state index in [1.807, 2.05) is 6.07 Å². The average molecular weight is 383 g/mol. The minimum absolute atomic E-state index is 0. The van der Waals surface area contributed by atoms with E-state index in [1.165, 1.54) is 72.9 Å². The van der Waals surface area contributed by atoms with Gasteiger partial charge in [0, 0.05) is 28.7 Å². The highest BCUT2D eigenvalue weighted by Crippen LogP contribution is 2.33. The molecule has 1 N–H and O–H groups in total. The summed E-state index contributed by atoms with van der Waals surface area (Å²) in [5, 5.41) is 1.39. The molecular formula is C23H27ClN2O. The maximum atomic E-state index is 6.01. The van der Waals surface area contributed by atoms with Crippen molar-refractivity contribution in [2.24, 2.45) is 0 Å². The molecule has 2 heterocycles. The molecule has 0 saturated carbocycles. The molecule has 0 amide bonds. The highest BCUT2D eigenvalue weighted by Gasteiger charge is 2.28. The van der Waals surface area contributed by atoms with Gasteiger partial charge < -0.3 is 14.6 Å². The average Bonchev–Trinajstić information content (AvgIpc) is 3.34. The minimum Gasteiger partial charge on any atom is -0.489 e. The first-order chi connectivity index (χ1) is 12.9. The first kappa shape index (κ1) is 18.4. The number of rotatable bonds is 4. The zero-order valence-corrected chi connectivity index (χ0v) is 16.4. The number of halogens is 1. The third-order valence-electron chi connectivity index (χ3n) is 6.04. The first-order valence-electron chi connectivity index (χ1n) is 9.91. The second-order valence-electron chi connectivity index (χ2n) is 7.70. The van der Waals surface area contributed by atoms with Crippen molar-refractivity contribution in [3.63, 3.8) is 0 Å². The number of H-pyrrole nitrogens is 1. The number of aromatic amines is 1. The van der Waals surface area contributed by atoms with Gasteiger partial charge in [-0.05, 0) is 68.5 Å². The van der Waals surface area contributed by atoms with Crippen LogP contribution in [0.4, 0.5) is 0 Å². The predicted molar refractivity (Wildman–Crippen MR) is 113 cm³/mol. The third-order valence-corrected chi connectivity index (χ3v) is 6.04. The Balaban J connectivity index is 0.00000180. The fourth-order valence-corrected chi connectivity index (χ4v) is 4.63. The van der Waals surface area contributed by atoms with Crippen molar-refractivity contribution >= 4 is 23.3 Å². The lowest BCUT2D eigenvalue weighted by molar-refractivity contribution is 0.222. The largest absolute Gasteiger partial charge is 0.489 e. The summed E-state index contributed by atoms with van der Waals surface area (Å²) in [6, 6.07) is 17.6. The molecule has 1 fully saturated rings. The predicted octanol–water partition coefficient (Wildman–Crippen LogP) is 5.12. The number of aromatic nitrogens is 1. The summed E-state index contributed by atoms with van der Waals surface area (Å²) in [7, 11) is 0. The topological polar surface area (TPSA) is 28.3 Å². The van der Waals surface area contributed by atoms with Crippen molar-refractivity contribution < 1.29 is 4.74 Å². The van der Waals surface area contributed by atoms with Crippen molar-refractivity contribution in [1.82, 2.24) is 9.88 Å². The Kier molecular flexibility index (Phi) is 5.42. The quantitative estimate of drug-likeness (QED) is 0.678. The third kappa shape index (κ3) is 3.71. The molecule has 5 rings (SSSR count). The number of nitrogens with zero attached hydrogens (tertiary/aromatic N) is 1. The van der Waals surface area contributed by atoms with Crippen LogP contribution in [0.2, 0.25) is 0 Å². The van der Waals surface area contributed by atoms with Crippen LogP contribution in [0, 0.1) is 0 Å². The van der Waals surface area contributed by atoms with Gasteiger partial charge in [-0.3, -0.25) is 0 Å². The number of ether oxygens (including phenoxy) is 1. The van der Waals surface area contributed by atoms with Crippen LogP contribution in [0.25, 0.3) is 10.9 Å². The van der Waals surface area contributed by atoms with Gasteiger partial charge in [-0.15, -0.1) is 12.4 Å². The summed E-state index contributed by atoms with van der Waals surface area (Å²) in [4.78, 5) is 6.37. The molecule has 4 heteroatoms. The molecule has 1 aliphatic heterocycles. The molecule has 142 valence electrons. The van der Waals surface area contributed by atoms with Gasteiger partial charge in [0.05, 0.1) is 0 Å². The Labute approximate surface area is 167 Å². The van der Waals surface area contributed by atoms with Crippen LogP contribution >= 0.6 is 12.4 Å². The Bertz CT molecular complexity index is 899. The number of hydrogen-bond acceptors (Lipinski definition) is 2. The van der Waals surface area contributed by atoms with Crippen LogP contribution in [-0.4, -0.2) is 29.0 Å². The van der Waals surface area contributed by atoms with Crippen LogP contribution in [0.15, 0.2) is 48.5 Å². The van der Waals surface area contributed by atoms with Crippen LogP contribution in [0.5, 0.6) is 5.75 Å². The SMILES string of the molecule is Cl.c1ccc(COc2ccc3c4c([nH]c3c2)CCC(N2CCCC2)C4)cc1. The number of fused-ring (bicyclic) bond motifs is 3. The molecule has 0 bridgehead atoms. The highest BCUT2D eigenvalue weighted by molar-refractivity contribution is 5.86. The fraction of sp³-hybridized carbons (Fsp3) is 0.391. The molecule has 1 atom stereocenters. The van der Waals surface area contributed by atoms with E-state index in [9.17, 15) is 0 Å². The van der Waals surface area contributed by atoms with E-state index in [0.717, 1.165) is 11.8 Å². The second-order valence-corrected chi connectivity index (χ2v) is 7.70. The van der Waals surface area contributed by atoms with Gasteiger partial charge in [0.15, 0.2) is 0 Å². The van der Waals surface area contributed by atoms with Gasteiger partial charge in [-0.25, -0.2) is 0 Å². The Hall–Kier alpha value is -1.97. The first-order valence-corrected chi connectivity index (χ1v) is 9.91. The van der Waals surface area contributed by atoms with E-state index >= 15 is 0 Å². The van der Waals surface area contributed by atoms with E-state index < -0.39 is 0 Å². The molecule has 1 aromatic heterocycles. The number of benzene rings is 2. The molecule has 3 nitrogen and oxygen atoms in total. The molecule has 1 aliphatic carbocycles. The normalized spacial score (nSPS) is 19.6. The van der Waals surface area contributed by atoms with Gasteiger partial charge in [0.1, 0.15) is 12.4 Å². The van der Waals surface area contributed by atoms with Crippen molar-refractivity contribution in [2.45, 2.75) is 44.8 Å². The van der Waals surface area contributed by atoms with E-state index in [0.29, 0.717) is 6.61 Å². The lowest BCUT2D eigenvalue weighted by atomic mass is 9.90. The van der Waals surface area contributed by atoms with Crippen molar-refractivity contribution in [1.29, 1.82) is 0 Å². The molecule has 1 saturated heterocycles. The molecule has 2 aliphatic rings. The lowest BCUT2D eigenvalue weighted by Gasteiger charge is -2.31. The van der Waals surface area contributed by atoms with Crippen molar-refractivity contribution in [2.75, 3.05) is 13.1 Å². The summed E-state index contributed by atoms with van der Waals surface area (Å²) < 4.78 is 6.01. The maximum absolute atomic E-state index is 6.01. The highest BCUT2D eigenvalue weighted by atomic mass is 35.5. The van der Waals surface area contributed by atoms with Gasteiger partial charge in [-0.1, -0.05) is 30.3 Å². The van der Waals surface area contributed by atoms with Crippen LogP contribution < -0.4 is 4.74 Å². The number of hydrogen-bond donors (Lipinski definition) is 1. The summed E-state index contributed by atoms with van der Waals surface area (Å²) in [5.41, 5.74) is 5.41. The molecule has 0 radical (unpaired) electrons. The summed E-state index contributed by atoms with van der Waals surface area (Å²) in [5.74, 6) is 0.941. The summed E-state index contributed by atoms with van der Waals surface area (Å²) in [6.07, 6.45) is 6.40. The molecular weight excluding hydrogens is 356 g/mol. The number of aryl methyl sites for hydroxylation is 1. The molecule has 0 spiro atoms. The smallest absolute Gasteiger partial charge is 0.121 e. The van der Waals surface area contributed by atoms with E-state index in [1.54, 1.807) is 0 Å². The van der Waals surface area contributed by atoms with E-state index in [4.69, 9.17) is 4.74 Å². The van der Waals surface area contributed by atoms with E-state index in [2.05, 4.69) is 52.3 Å². The Morgan fingerprint density at radius 1 is 1.04 bits per heavy atom. The zero-order valence-electron chi connectivity index (χ0n) is 15.6. The van der Waals surface area contributed by atoms with Gasteiger partial charge in [-0.2, -0.15) is 0 Å². The standard InChI is InChI=1S/C23H26N2O.ClH/c1-2-6-17(7-3-1)16-26-19-9-10-20-21-14-18(25-12-4-5-13-25)8-11-22(21)24-23(20)15-19;/h1-3,6-7,9-10,15,18,24H,4-5,8,11-14,16H2;1H. The summed E-state index contributed by atoms with van der Waals surface area (Å²) in [6.45, 7) is 3.20. The molecule has 3 aromatic rings. The Morgan fingerprint density at radius 3 is 2.67 bits per heavy atom. The number of likely N-dealkylation sites (tertiary alicyclic amines) is 1. The van der Waals surface area contributed by atoms with Crippen molar-refractivity contribution in [3.05, 3.63) is 65.4 Å². The lowest BCUT2D eigenvalue weighted by Crippen LogP contribution is -2.37. The van der Waals surface area contributed by atoms with Crippen LogP contribution in [0.3, 0.4) is 0 Å². The van der Waals surface area contributed by atoms with Gasteiger partial charge >= 0.3 is 0 Å². The Morgan fingerprint density at radius 2 is 1.85 bits per heavy atom. The van der Waals surface area contributed by atoms with Crippen LogP contribution in [0.1, 0.15) is 36.1 Å². The monoisotopic (exact) mass is 382 g/mol. The second kappa shape index (κ2) is 7.95.